The largest absolute Gasteiger partial charge is 0.352 e. The molecule has 0 aliphatic carbocycles. The van der Waals surface area contributed by atoms with Crippen molar-refractivity contribution in [1.82, 2.24) is 19.2 Å². The van der Waals surface area contributed by atoms with E-state index in [1.165, 1.54) is 32.9 Å². The van der Waals surface area contributed by atoms with Crippen molar-refractivity contribution >= 4 is 22.0 Å². The standard InChI is InChI=1S/C26H32F2N4O4S/c27-23-9-5-19(6-10-23)15-29-25(33)21-3-1-13-31(17-21)37(35,36)32-14-2-4-22(18-32)26(34)30-16-20-7-11-24(28)12-8-20/h5-12,21-22H,1-4,13-18H2,(H,29,33)(H,30,34). The van der Waals surface area contributed by atoms with E-state index < -0.39 is 22.0 Å². The molecule has 2 unspecified atom stereocenters. The second-order valence-electron chi connectivity index (χ2n) is 9.59. The summed E-state index contributed by atoms with van der Waals surface area (Å²) < 4.78 is 55.7. The average Bonchev–Trinajstić information content (AvgIpc) is 2.92. The van der Waals surface area contributed by atoms with Crippen molar-refractivity contribution in [2.45, 2.75) is 38.8 Å². The molecular weight excluding hydrogens is 502 g/mol. The molecule has 2 aromatic carbocycles. The molecule has 0 spiro atoms. The highest BCUT2D eigenvalue weighted by Gasteiger charge is 2.39. The molecule has 0 aromatic heterocycles. The first-order valence-electron chi connectivity index (χ1n) is 12.5. The molecule has 0 saturated carbocycles. The Morgan fingerprint density at radius 1 is 0.730 bits per heavy atom. The lowest BCUT2D eigenvalue weighted by Crippen LogP contribution is -2.53. The van der Waals surface area contributed by atoms with Crippen LogP contribution >= 0.6 is 0 Å². The SMILES string of the molecule is O=C(NCc1ccc(F)cc1)C1CCCN(S(=O)(=O)N2CCCC(C(=O)NCc3ccc(F)cc3)C2)C1. The fourth-order valence-electron chi connectivity index (χ4n) is 4.77. The molecule has 0 bridgehead atoms. The highest BCUT2D eigenvalue weighted by molar-refractivity contribution is 7.86. The highest BCUT2D eigenvalue weighted by Crippen LogP contribution is 2.26. The van der Waals surface area contributed by atoms with Crippen LogP contribution in [0.4, 0.5) is 8.78 Å². The van der Waals surface area contributed by atoms with Crippen LogP contribution in [0.3, 0.4) is 0 Å². The van der Waals surface area contributed by atoms with Gasteiger partial charge < -0.3 is 10.6 Å². The van der Waals surface area contributed by atoms with Crippen molar-refractivity contribution < 1.29 is 26.8 Å². The van der Waals surface area contributed by atoms with Crippen LogP contribution in [0.1, 0.15) is 36.8 Å². The van der Waals surface area contributed by atoms with Crippen molar-refractivity contribution in [1.29, 1.82) is 0 Å². The van der Waals surface area contributed by atoms with E-state index in [4.69, 9.17) is 0 Å². The van der Waals surface area contributed by atoms with Gasteiger partial charge in [-0.25, -0.2) is 8.78 Å². The predicted molar refractivity (Wildman–Crippen MR) is 134 cm³/mol. The van der Waals surface area contributed by atoms with Gasteiger partial charge in [-0.1, -0.05) is 24.3 Å². The number of hydrogen-bond donors (Lipinski definition) is 2. The first-order chi connectivity index (χ1) is 17.7. The van der Waals surface area contributed by atoms with Crippen LogP contribution in [0.2, 0.25) is 0 Å². The predicted octanol–water partition coefficient (Wildman–Crippen LogP) is 2.57. The third kappa shape index (κ3) is 7.12. The molecule has 2 atom stereocenters. The Balaban J connectivity index is 1.31. The number of halogens is 2. The van der Waals surface area contributed by atoms with Crippen LogP contribution < -0.4 is 10.6 Å². The van der Waals surface area contributed by atoms with Gasteiger partial charge in [-0.05, 0) is 61.1 Å². The van der Waals surface area contributed by atoms with Crippen LogP contribution in [-0.4, -0.2) is 55.0 Å². The maximum absolute atomic E-state index is 13.4. The molecule has 2 aliphatic heterocycles. The van der Waals surface area contributed by atoms with Crippen LogP contribution in [-0.2, 0) is 32.9 Å². The lowest BCUT2D eigenvalue weighted by molar-refractivity contribution is -0.126. The van der Waals surface area contributed by atoms with Crippen molar-refractivity contribution in [2.24, 2.45) is 11.8 Å². The van der Waals surface area contributed by atoms with Gasteiger partial charge in [0, 0.05) is 39.3 Å². The molecule has 2 N–H and O–H groups in total. The Hall–Kier alpha value is -2.89. The highest BCUT2D eigenvalue weighted by atomic mass is 32.2. The van der Waals surface area contributed by atoms with E-state index in [0.717, 1.165) is 11.1 Å². The Kier molecular flexibility index (Phi) is 8.88. The van der Waals surface area contributed by atoms with E-state index in [1.54, 1.807) is 24.3 Å². The summed E-state index contributed by atoms with van der Waals surface area (Å²) in [5.74, 6) is -2.14. The molecule has 11 heteroatoms. The van der Waals surface area contributed by atoms with Crippen molar-refractivity contribution in [2.75, 3.05) is 26.2 Å². The topological polar surface area (TPSA) is 98.8 Å². The van der Waals surface area contributed by atoms with Crippen LogP contribution in [0.25, 0.3) is 0 Å². The van der Waals surface area contributed by atoms with Gasteiger partial charge in [0.25, 0.3) is 10.2 Å². The van der Waals surface area contributed by atoms with Crippen molar-refractivity contribution in [3.05, 3.63) is 71.3 Å². The molecule has 2 aliphatic rings. The van der Waals surface area contributed by atoms with E-state index in [-0.39, 0.29) is 49.6 Å². The number of carbonyl (C=O) groups excluding carboxylic acids is 2. The Morgan fingerprint density at radius 2 is 1.11 bits per heavy atom. The second-order valence-corrected chi connectivity index (χ2v) is 11.5. The second kappa shape index (κ2) is 12.1. The van der Waals surface area contributed by atoms with Gasteiger partial charge in [0.2, 0.25) is 11.8 Å². The number of nitrogens with zero attached hydrogens (tertiary/aromatic N) is 2. The van der Waals surface area contributed by atoms with Gasteiger partial charge >= 0.3 is 0 Å². The summed E-state index contributed by atoms with van der Waals surface area (Å²) in [4.78, 5) is 25.5. The van der Waals surface area contributed by atoms with Crippen LogP contribution in [0, 0.1) is 23.5 Å². The maximum atomic E-state index is 13.4. The van der Waals surface area contributed by atoms with Gasteiger partial charge in [0.15, 0.2) is 0 Å². The molecule has 0 radical (unpaired) electrons. The Bertz CT molecular complexity index is 1100. The molecule has 8 nitrogen and oxygen atoms in total. The van der Waals surface area contributed by atoms with Crippen LogP contribution in [0.5, 0.6) is 0 Å². The normalized spacial score (nSPS) is 21.4. The zero-order valence-electron chi connectivity index (χ0n) is 20.5. The number of nitrogens with one attached hydrogen (secondary N) is 2. The molecule has 37 heavy (non-hydrogen) atoms. The van der Waals surface area contributed by atoms with Gasteiger partial charge in [-0.3, -0.25) is 9.59 Å². The molecule has 4 rings (SSSR count). The van der Waals surface area contributed by atoms with E-state index in [9.17, 15) is 26.8 Å². The summed E-state index contributed by atoms with van der Waals surface area (Å²) in [5, 5.41) is 5.64. The molecule has 2 aromatic rings. The molecular formula is C26H32F2N4O4S. The van der Waals surface area contributed by atoms with E-state index in [1.807, 2.05) is 0 Å². The molecule has 2 amide bonds. The number of hydrogen-bond acceptors (Lipinski definition) is 4. The quantitative estimate of drug-likeness (QED) is 0.544. The Morgan fingerprint density at radius 3 is 1.49 bits per heavy atom. The summed E-state index contributed by atoms with van der Waals surface area (Å²) in [6.45, 7) is 1.28. The minimum Gasteiger partial charge on any atom is -0.352 e. The number of carbonyl (C=O) groups is 2. The summed E-state index contributed by atoms with van der Waals surface area (Å²) >= 11 is 0. The third-order valence-corrected chi connectivity index (χ3v) is 8.89. The summed E-state index contributed by atoms with van der Waals surface area (Å²) in [7, 11) is -3.84. The van der Waals surface area contributed by atoms with Crippen molar-refractivity contribution in [3.63, 3.8) is 0 Å². The fraction of sp³-hybridized carbons (Fsp3) is 0.462. The van der Waals surface area contributed by atoms with Gasteiger partial charge in [-0.15, -0.1) is 0 Å². The maximum Gasteiger partial charge on any atom is 0.282 e. The fourth-order valence-corrected chi connectivity index (χ4v) is 6.55. The first kappa shape index (κ1) is 27.2. The zero-order valence-corrected chi connectivity index (χ0v) is 21.4. The number of amides is 2. The lowest BCUT2D eigenvalue weighted by Gasteiger charge is -2.38. The first-order valence-corrected chi connectivity index (χ1v) is 13.9. The summed E-state index contributed by atoms with van der Waals surface area (Å²) in [5.41, 5.74) is 1.51. The number of benzene rings is 2. The smallest absolute Gasteiger partial charge is 0.282 e. The summed E-state index contributed by atoms with van der Waals surface area (Å²) in [6.07, 6.45) is 2.28. The molecule has 2 saturated heterocycles. The number of piperidine rings is 2. The molecule has 2 heterocycles. The van der Waals surface area contributed by atoms with E-state index >= 15 is 0 Å². The van der Waals surface area contributed by atoms with E-state index in [2.05, 4.69) is 10.6 Å². The van der Waals surface area contributed by atoms with Crippen LogP contribution in [0.15, 0.2) is 48.5 Å². The monoisotopic (exact) mass is 534 g/mol. The summed E-state index contributed by atoms with van der Waals surface area (Å²) in [6, 6.07) is 11.7. The van der Waals surface area contributed by atoms with E-state index in [0.29, 0.717) is 38.8 Å². The Labute approximate surface area is 216 Å². The third-order valence-electron chi connectivity index (χ3n) is 6.92. The average molecular weight is 535 g/mol. The van der Waals surface area contributed by atoms with Crippen molar-refractivity contribution in [3.8, 4) is 0 Å². The minimum absolute atomic E-state index is 0.0789. The number of rotatable bonds is 8. The lowest BCUT2D eigenvalue weighted by atomic mass is 9.98. The molecule has 200 valence electrons. The van der Waals surface area contributed by atoms with Gasteiger partial charge in [-0.2, -0.15) is 17.0 Å². The minimum atomic E-state index is -3.84. The molecule has 2 fully saturated rings. The zero-order chi connectivity index (χ0) is 26.4. The van der Waals surface area contributed by atoms with Gasteiger partial charge in [0.1, 0.15) is 11.6 Å². The van der Waals surface area contributed by atoms with Gasteiger partial charge in [0.05, 0.1) is 11.8 Å².